The molecule has 1 fully saturated rings. The zero-order valence-electron chi connectivity index (χ0n) is 12.9. The maximum atomic E-state index is 5.97. The number of nitrogens with two attached hydrogens (primary N) is 1. The fourth-order valence-electron chi connectivity index (χ4n) is 3.12. The van der Waals surface area contributed by atoms with E-state index in [9.17, 15) is 0 Å². The highest BCUT2D eigenvalue weighted by Gasteiger charge is 2.28. The van der Waals surface area contributed by atoms with Gasteiger partial charge in [0.15, 0.2) is 5.82 Å². The van der Waals surface area contributed by atoms with Gasteiger partial charge in [-0.15, -0.1) is 0 Å². The predicted molar refractivity (Wildman–Crippen MR) is 80.3 cm³/mol. The molecular weight excluding hydrogens is 250 g/mol. The van der Waals surface area contributed by atoms with E-state index in [1.807, 2.05) is 27.0 Å². The Morgan fingerprint density at radius 1 is 1.35 bits per heavy atom. The Labute approximate surface area is 122 Å². The van der Waals surface area contributed by atoms with Crippen LogP contribution in [0.2, 0.25) is 0 Å². The van der Waals surface area contributed by atoms with Crippen molar-refractivity contribution >= 4 is 0 Å². The number of rotatable bonds is 5. The van der Waals surface area contributed by atoms with Gasteiger partial charge in [0, 0.05) is 30.1 Å². The van der Waals surface area contributed by atoms with E-state index in [1.165, 1.54) is 32.1 Å². The topological polar surface area (TPSA) is 61.0 Å². The van der Waals surface area contributed by atoms with Crippen molar-refractivity contribution in [2.75, 3.05) is 6.61 Å². The van der Waals surface area contributed by atoms with Crippen LogP contribution in [0.25, 0.3) is 0 Å². The van der Waals surface area contributed by atoms with Crippen molar-refractivity contribution in [3.63, 3.8) is 0 Å². The van der Waals surface area contributed by atoms with E-state index in [-0.39, 0.29) is 12.1 Å². The van der Waals surface area contributed by atoms with Crippen LogP contribution in [0.4, 0.5) is 0 Å². The van der Waals surface area contributed by atoms with Crippen LogP contribution < -0.4 is 5.73 Å². The molecule has 1 aliphatic carbocycles. The first-order chi connectivity index (χ1) is 9.63. The largest absolute Gasteiger partial charge is 0.370 e. The Bertz CT molecular complexity index is 428. The number of ether oxygens (including phenoxy) is 1. The normalized spacial score (nSPS) is 19.8. The van der Waals surface area contributed by atoms with Crippen LogP contribution >= 0.6 is 0 Å². The summed E-state index contributed by atoms with van der Waals surface area (Å²) in [5.41, 5.74) is 7.93. The molecule has 0 aliphatic heterocycles. The quantitative estimate of drug-likeness (QED) is 0.895. The molecule has 2 atom stereocenters. The summed E-state index contributed by atoms with van der Waals surface area (Å²) in [6.07, 6.45) is 8.30. The second-order valence-electron chi connectivity index (χ2n) is 5.83. The molecule has 0 bridgehead atoms. The maximum Gasteiger partial charge on any atom is 0.157 e. The lowest BCUT2D eigenvalue weighted by atomic mass is 9.85. The van der Waals surface area contributed by atoms with Gasteiger partial charge < -0.3 is 10.5 Å². The van der Waals surface area contributed by atoms with Gasteiger partial charge in [-0.05, 0) is 39.5 Å². The monoisotopic (exact) mass is 277 g/mol. The van der Waals surface area contributed by atoms with Gasteiger partial charge in [0.2, 0.25) is 0 Å². The third-order valence-corrected chi connectivity index (χ3v) is 4.21. The van der Waals surface area contributed by atoms with Crippen molar-refractivity contribution in [1.29, 1.82) is 0 Å². The molecule has 1 aliphatic rings. The van der Waals surface area contributed by atoms with Crippen LogP contribution in [0, 0.1) is 12.8 Å². The molecule has 0 spiro atoms. The summed E-state index contributed by atoms with van der Waals surface area (Å²) in [7, 11) is 0. The lowest BCUT2D eigenvalue weighted by Gasteiger charge is -2.29. The smallest absolute Gasteiger partial charge is 0.157 e. The molecular formula is C16H27N3O. The van der Waals surface area contributed by atoms with Gasteiger partial charge in [-0.25, -0.2) is 9.97 Å². The molecule has 1 saturated carbocycles. The van der Waals surface area contributed by atoms with E-state index in [0.29, 0.717) is 12.5 Å². The summed E-state index contributed by atoms with van der Waals surface area (Å²) >= 11 is 0. The Balaban J connectivity index is 2.22. The van der Waals surface area contributed by atoms with E-state index in [2.05, 4.69) is 9.97 Å². The SMILES string of the molecule is CCOC(c1ncc([C@H](C)N)c(C)n1)C1CCCCC1. The number of nitrogens with zero attached hydrogens (tertiary/aromatic N) is 2. The number of aryl methyl sites for hydroxylation is 1. The third-order valence-electron chi connectivity index (χ3n) is 4.21. The van der Waals surface area contributed by atoms with Crippen LogP contribution in [0.3, 0.4) is 0 Å². The van der Waals surface area contributed by atoms with E-state index < -0.39 is 0 Å². The molecule has 1 heterocycles. The molecule has 2 rings (SSSR count). The summed E-state index contributed by atoms with van der Waals surface area (Å²) < 4.78 is 5.97. The Kier molecular flexibility index (Phi) is 5.49. The maximum absolute atomic E-state index is 5.97. The highest BCUT2D eigenvalue weighted by Crippen LogP contribution is 2.35. The van der Waals surface area contributed by atoms with Gasteiger partial charge in [-0.1, -0.05) is 19.3 Å². The second-order valence-corrected chi connectivity index (χ2v) is 5.83. The van der Waals surface area contributed by atoms with Crippen molar-refractivity contribution < 1.29 is 4.74 Å². The van der Waals surface area contributed by atoms with Gasteiger partial charge in [0.1, 0.15) is 6.10 Å². The molecule has 0 saturated heterocycles. The van der Waals surface area contributed by atoms with E-state index in [0.717, 1.165) is 17.1 Å². The third kappa shape index (κ3) is 3.55. The van der Waals surface area contributed by atoms with Crippen LogP contribution in [0.1, 0.15) is 75.2 Å². The summed E-state index contributed by atoms with van der Waals surface area (Å²) in [6.45, 7) is 6.72. The minimum absolute atomic E-state index is 0.0238. The van der Waals surface area contributed by atoms with Gasteiger partial charge in [-0.3, -0.25) is 0 Å². The zero-order chi connectivity index (χ0) is 14.5. The Morgan fingerprint density at radius 2 is 2.05 bits per heavy atom. The van der Waals surface area contributed by atoms with E-state index in [4.69, 9.17) is 10.5 Å². The first kappa shape index (κ1) is 15.4. The molecule has 112 valence electrons. The minimum atomic E-state index is -0.0238. The standard InChI is InChI=1S/C16H27N3O/c1-4-20-15(13-8-6-5-7-9-13)16-18-10-14(11(2)17)12(3)19-16/h10-11,13,15H,4-9,17H2,1-3H3/t11-,15?/m0/s1. The Morgan fingerprint density at radius 3 is 2.60 bits per heavy atom. The predicted octanol–water partition coefficient (Wildman–Crippen LogP) is 3.46. The van der Waals surface area contributed by atoms with Crippen molar-refractivity contribution in [3.05, 3.63) is 23.3 Å². The highest BCUT2D eigenvalue weighted by atomic mass is 16.5. The van der Waals surface area contributed by atoms with Gasteiger partial charge in [-0.2, -0.15) is 0 Å². The molecule has 2 N–H and O–H groups in total. The minimum Gasteiger partial charge on any atom is -0.370 e. The van der Waals surface area contributed by atoms with E-state index in [1.54, 1.807) is 0 Å². The number of hydrogen-bond acceptors (Lipinski definition) is 4. The average molecular weight is 277 g/mol. The fraction of sp³-hybridized carbons (Fsp3) is 0.750. The molecule has 1 aromatic rings. The fourth-order valence-corrected chi connectivity index (χ4v) is 3.12. The van der Waals surface area contributed by atoms with Gasteiger partial charge in [0.25, 0.3) is 0 Å². The van der Waals surface area contributed by atoms with Crippen molar-refractivity contribution in [2.24, 2.45) is 11.7 Å². The molecule has 1 unspecified atom stereocenters. The van der Waals surface area contributed by atoms with Crippen LogP contribution in [-0.2, 0) is 4.74 Å². The lowest BCUT2D eigenvalue weighted by molar-refractivity contribution is -0.000333. The molecule has 1 aromatic heterocycles. The van der Waals surface area contributed by atoms with Crippen molar-refractivity contribution in [1.82, 2.24) is 9.97 Å². The van der Waals surface area contributed by atoms with Crippen LogP contribution in [-0.4, -0.2) is 16.6 Å². The van der Waals surface area contributed by atoms with Gasteiger partial charge >= 0.3 is 0 Å². The average Bonchev–Trinajstić information content (AvgIpc) is 2.45. The Hall–Kier alpha value is -1.00. The summed E-state index contributed by atoms with van der Waals surface area (Å²) in [6, 6.07) is -0.0238. The first-order valence-corrected chi connectivity index (χ1v) is 7.84. The molecule has 0 amide bonds. The van der Waals surface area contributed by atoms with Crippen LogP contribution in [0.5, 0.6) is 0 Å². The summed E-state index contributed by atoms with van der Waals surface area (Å²) in [5.74, 6) is 1.39. The zero-order valence-corrected chi connectivity index (χ0v) is 12.9. The van der Waals surface area contributed by atoms with Crippen molar-refractivity contribution in [3.8, 4) is 0 Å². The molecule has 4 heteroatoms. The van der Waals surface area contributed by atoms with E-state index >= 15 is 0 Å². The summed E-state index contributed by atoms with van der Waals surface area (Å²) in [4.78, 5) is 9.21. The molecule has 0 radical (unpaired) electrons. The number of hydrogen-bond donors (Lipinski definition) is 1. The first-order valence-electron chi connectivity index (χ1n) is 7.84. The number of aromatic nitrogens is 2. The second kappa shape index (κ2) is 7.14. The van der Waals surface area contributed by atoms with Crippen LogP contribution in [0.15, 0.2) is 6.20 Å². The molecule has 20 heavy (non-hydrogen) atoms. The summed E-state index contributed by atoms with van der Waals surface area (Å²) in [5, 5.41) is 0. The highest BCUT2D eigenvalue weighted by molar-refractivity contribution is 5.20. The molecule has 0 aromatic carbocycles. The van der Waals surface area contributed by atoms with Crippen molar-refractivity contribution in [2.45, 2.75) is 65.0 Å². The molecule has 4 nitrogen and oxygen atoms in total. The van der Waals surface area contributed by atoms with Gasteiger partial charge in [0.05, 0.1) is 0 Å². The lowest BCUT2D eigenvalue weighted by Crippen LogP contribution is -2.22.